The molecule has 5 aromatic carbocycles. The first kappa shape index (κ1) is 29.9. The Bertz CT molecular complexity index is 2390. The van der Waals surface area contributed by atoms with Crippen LogP contribution in [0.4, 0.5) is 0 Å². The van der Waals surface area contributed by atoms with E-state index in [0.29, 0.717) is 23.0 Å². The van der Waals surface area contributed by atoms with Crippen LogP contribution in [0.25, 0.3) is 67.5 Å². The van der Waals surface area contributed by atoms with Crippen LogP contribution in [0, 0.1) is 11.3 Å². The fourth-order valence-corrected chi connectivity index (χ4v) is 8.05. The number of hydrogen-bond acceptors (Lipinski definition) is 5. The van der Waals surface area contributed by atoms with Crippen molar-refractivity contribution in [3.8, 4) is 73.6 Å². The van der Waals surface area contributed by atoms with E-state index in [4.69, 9.17) is 15.0 Å². The normalized spacial score (nSPS) is 14.1. The maximum Gasteiger partial charge on any atom is 0.164 e. The highest BCUT2D eigenvalue weighted by Gasteiger charge is 2.44. The molecule has 50 heavy (non-hydrogen) atoms. The maximum absolute atomic E-state index is 9.82. The van der Waals surface area contributed by atoms with Gasteiger partial charge in [0.2, 0.25) is 0 Å². The maximum atomic E-state index is 9.82. The summed E-state index contributed by atoms with van der Waals surface area (Å²) in [6, 6.07) is 46.4. The summed E-state index contributed by atoms with van der Waals surface area (Å²) in [6.07, 6.45) is 9.69. The molecule has 2 aromatic heterocycles. The zero-order valence-corrected chi connectivity index (χ0v) is 27.6. The zero-order chi connectivity index (χ0) is 33.5. The van der Waals surface area contributed by atoms with Crippen LogP contribution in [0.5, 0.6) is 0 Å². The van der Waals surface area contributed by atoms with Crippen molar-refractivity contribution in [2.75, 3.05) is 0 Å². The van der Waals surface area contributed by atoms with Gasteiger partial charge in [-0.05, 0) is 75.5 Å². The van der Waals surface area contributed by atoms with Gasteiger partial charge in [0.25, 0.3) is 0 Å². The Morgan fingerprint density at radius 3 is 1.76 bits per heavy atom. The Kier molecular flexibility index (Phi) is 7.36. The summed E-state index contributed by atoms with van der Waals surface area (Å²) < 4.78 is 0. The minimum absolute atomic E-state index is 0.0260. The molecule has 0 saturated heterocycles. The zero-order valence-electron chi connectivity index (χ0n) is 27.6. The highest BCUT2D eigenvalue weighted by atomic mass is 15.0. The lowest BCUT2D eigenvalue weighted by molar-refractivity contribution is 0.353. The summed E-state index contributed by atoms with van der Waals surface area (Å²) in [6.45, 7) is 0. The van der Waals surface area contributed by atoms with Gasteiger partial charge in [0.05, 0.1) is 11.6 Å². The average molecular weight is 644 g/mol. The topological polar surface area (TPSA) is 75.3 Å². The Hall–Kier alpha value is -6.25. The van der Waals surface area contributed by atoms with Crippen molar-refractivity contribution < 1.29 is 0 Å². The third kappa shape index (κ3) is 5.09. The second-order valence-corrected chi connectivity index (χ2v) is 13.3. The third-order valence-corrected chi connectivity index (χ3v) is 10.5. The van der Waals surface area contributed by atoms with Gasteiger partial charge >= 0.3 is 0 Å². The molecular formula is C45H33N5. The minimum atomic E-state index is 0.0260. The molecule has 5 nitrogen and oxygen atoms in total. The van der Waals surface area contributed by atoms with Gasteiger partial charge < -0.3 is 0 Å². The SMILES string of the molecule is N#Cc1ccc2c(c1)-c1c(-c3ccc(-c4nc(-c5ccccc5)nc(-c5ccc(-c6cccnc6)cc5)n4)cc3)cccc1C21CCCCC1. The van der Waals surface area contributed by atoms with Gasteiger partial charge in [-0.25, -0.2) is 15.0 Å². The Morgan fingerprint density at radius 1 is 0.500 bits per heavy atom. The van der Waals surface area contributed by atoms with Gasteiger partial charge in [0.15, 0.2) is 17.5 Å². The van der Waals surface area contributed by atoms with E-state index < -0.39 is 0 Å². The number of fused-ring (bicyclic) bond motifs is 5. The third-order valence-electron chi connectivity index (χ3n) is 10.5. The van der Waals surface area contributed by atoms with Crippen molar-refractivity contribution in [1.82, 2.24) is 19.9 Å². The van der Waals surface area contributed by atoms with E-state index in [9.17, 15) is 5.26 Å². The number of nitrogens with zero attached hydrogens (tertiary/aromatic N) is 5. The van der Waals surface area contributed by atoms with Crippen LogP contribution in [0.1, 0.15) is 48.8 Å². The van der Waals surface area contributed by atoms with Gasteiger partial charge in [-0.3, -0.25) is 4.98 Å². The Morgan fingerprint density at radius 2 is 1.12 bits per heavy atom. The van der Waals surface area contributed by atoms with Crippen molar-refractivity contribution >= 4 is 0 Å². The lowest BCUT2D eigenvalue weighted by atomic mass is 9.67. The standard InChI is InChI=1S/C45H33N5/c46-28-30-14-23-39-38(27-30)41-37(12-7-13-40(41)45(39)24-5-2-6-25-45)32-17-21-35(22-18-32)44-49-42(33-9-3-1-4-10-33)48-43(50-44)34-19-15-31(16-20-34)36-11-8-26-47-29-36/h1,3-4,7-23,26-27,29H,2,5-6,24-25H2. The molecule has 0 unspecified atom stereocenters. The molecule has 9 rings (SSSR count). The van der Waals surface area contributed by atoms with Gasteiger partial charge in [-0.1, -0.05) is 128 Å². The number of hydrogen-bond donors (Lipinski definition) is 0. The highest BCUT2D eigenvalue weighted by Crippen LogP contribution is 2.58. The predicted molar refractivity (Wildman–Crippen MR) is 199 cm³/mol. The van der Waals surface area contributed by atoms with E-state index in [1.807, 2.05) is 48.7 Å². The lowest BCUT2D eigenvalue weighted by Gasteiger charge is -2.36. The van der Waals surface area contributed by atoms with Crippen LogP contribution < -0.4 is 0 Å². The molecule has 5 heteroatoms. The molecule has 2 aliphatic carbocycles. The second-order valence-electron chi connectivity index (χ2n) is 13.3. The van der Waals surface area contributed by atoms with E-state index in [2.05, 4.69) is 96.0 Å². The highest BCUT2D eigenvalue weighted by molar-refractivity contribution is 5.93. The van der Waals surface area contributed by atoms with Gasteiger partial charge in [-0.15, -0.1) is 0 Å². The van der Waals surface area contributed by atoms with Crippen LogP contribution in [0.15, 0.2) is 140 Å². The van der Waals surface area contributed by atoms with Crippen molar-refractivity contribution in [2.45, 2.75) is 37.5 Å². The fraction of sp³-hybridized carbons (Fsp3) is 0.133. The van der Waals surface area contributed by atoms with Crippen LogP contribution in [0.3, 0.4) is 0 Å². The number of aromatic nitrogens is 4. The molecule has 0 radical (unpaired) electrons. The first-order valence-electron chi connectivity index (χ1n) is 17.3. The monoisotopic (exact) mass is 643 g/mol. The number of rotatable bonds is 5. The molecule has 238 valence electrons. The first-order valence-corrected chi connectivity index (χ1v) is 17.3. The smallest absolute Gasteiger partial charge is 0.164 e. The van der Waals surface area contributed by atoms with E-state index in [1.54, 1.807) is 6.20 Å². The van der Waals surface area contributed by atoms with Crippen LogP contribution in [-0.4, -0.2) is 19.9 Å². The summed E-state index contributed by atoms with van der Waals surface area (Å²) in [4.78, 5) is 19.2. The lowest BCUT2D eigenvalue weighted by Crippen LogP contribution is -2.28. The number of pyridine rings is 1. The van der Waals surface area contributed by atoms with Crippen molar-refractivity contribution in [3.63, 3.8) is 0 Å². The number of nitriles is 1. The molecule has 2 aliphatic rings. The molecule has 0 amide bonds. The molecule has 1 fully saturated rings. The molecular weight excluding hydrogens is 611 g/mol. The van der Waals surface area contributed by atoms with E-state index in [1.165, 1.54) is 47.1 Å². The molecule has 7 aromatic rings. The van der Waals surface area contributed by atoms with E-state index in [0.717, 1.165) is 46.2 Å². The van der Waals surface area contributed by atoms with Crippen molar-refractivity contribution in [2.24, 2.45) is 0 Å². The van der Waals surface area contributed by atoms with Crippen molar-refractivity contribution in [1.29, 1.82) is 5.26 Å². The minimum Gasteiger partial charge on any atom is -0.264 e. The van der Waals surface area contributed by atoms with Crippen LogP contribution >= 0.6 is 0 Å². The molecule has 2 heterocycles. The summed E-state index contributed by atoms with van der Waals surface area (Å²) in [7, 11) is 0. The van der Waals surface area contributed by atoms with Gasteiger partial charge in [-0.2, -0.15) is 5.26 Å². The number of benzene rings is 5. The van der Waals surface area contributed by atoms with Crippen LogP contribution in [-0.2, 0) is 5.41 Å². The van der Waals surface area contributed by atoms with Gasteiger partial charge in [0, 0.05) is 34.5 Å². The molecule has 0 aliphatic heterocycles. The second kappa shape index (κ2) is 12.3. The average Bonchev–Trinajstić information content (AvgIpc) is 3.46. The van der Waals surface area contributed by atoms with Crippen LogP contribution in [0.2, 0.25) is 0 Å². The Balaban J connectivity index is 1.12. The largest absolute Gasteiger partial charge is 0.264 e. The van der Waals surface area contributed by atoms with E-state index in [-0.39, 0.29) is 5.41 Å². The first-order chi connectivity index (χ1) is 24.7. The summed E-state index contributed by atoms with van der Waals surface area (Å²) in [5.41, 5.74) is 13.3. The molecule has 0 N–H and O–H groups in total. The Labute approximate surface area is 292 Å². The fourth-order valence-electron chi connectivity index (χ4n) is 8.05. The van der Waals surface area contributed by atoms with Crippen molar-refractivity contribution in [3.05, 3.63) is 156 Å². The molecule has 1 spiro atoms. The predicted octanol–water partition coefficient (Wildman–Crippen LogP) is 10.7. The molecule has 1 saturated carbocycles. The van der Waals surface area contributed by atoms with Gasteiger partial charge in [0.1, 0.15) is 0 Å². The summed E-state index contributed by atoms with van der Waals surface area (Å²) in [5, 5.41) is 9.82. The molecule has 0 atom stereocenters. The summed E-state index contributed by atoms with van der Waals surface area (Å²) in [5.74, 6) is 1.88. The quantitative estimate of drug-likeness (QED) is 0.187. The van der Waals surface area contributed by atoms with E-state index >= 15 is 0 Å². The molecule has 0 bridgehead atoms. The summed E-state index contributed by atoms with van der Waals surface area (Å²) >= 11 is 0.